The van der Waals surface area contributed by atoms with E-state index < -0.39 is 42.3 Å². The fourth-order valence-electron chi connectivity index (χ4n) is 0.965. The zero-order valence-corrected chi connectivity index (χ0v) is 9.87. The van der Waals surface area contributed by atoms with E-state index in [4.69, 9.17) is 21.7 Å². The molecule has 2 atom stereocenters. The third kappa shape index (κ3) is 7.68. The van der Waals surface area contributed by atoms with Crippen LogP contribution >= 0.6 is 0 Å². The Morgan fingerprint density at radius 3 is 2.16 bits per heavy atom. The van der Waals surface area contributed by atoms with Crippen LogP contribution in [0.15, 0.2) is 0 Å². The van der Waals surface area contributed by atoms with E-state index in [2.05, 4.69) is 4.84 Å². The minimum absolute atomic E-state index is 0.178. The first kappa shape index (κ1) is 16.8. The van der Waals surface area contributed by atoms with Gasteiger partial charge in [-0.25, -0.2) is 0 Å². The molecule has 0 aliphatic carbocycles. The maximum Gasteiger partial charge on any atom is 0.326 e. The molecule has 1 amide bonds. The smallest absolute Gasteiger partial charge is 0.326 e. The minimum atomic E-state index is -1.44. The number of nitrogens with two attached hydrogens (primary N) is 2. The predicted molar refractivity (Wildman–Crippen MR) is 59.3 cm³/mol. The van der Waals surface area contributed by atoms with Crippen LogP contribution in [-0.2, 0) is 24.0 Å². The number of rotatable bonds is 9. The fourth-order valence-corrected chi connectivity index (χ4v) is 0.965. The average molecular weight is 277 g/mol. The Labute approximate surface area is 107 Å². The third-order valence-electron chi connectivity index (χ3n) is 2.00. The quantitative estimate of drug-likeness (QED) is 0.285. The number of hydrogen-bond acceptors (Lipinski definition) is 7. The summed E-state index contributed by atoms with van der Waals surface area (Å²) in [4.78, 5) is 47.1. The molecule has 0 rings (SSSR count). The van der Waals surface area contributed by atoms with E-state index in [0.717, 1.165) is 0 Å². The highest BCUT2D eigenvalue weighted by Gasteiger charge is 2.22. The number of primary amides is 1. The second-order valence-corrected chi connectivity index (χ2v) is 3.64. The van der Waals surface area contributed by atoms with Crippen molar-refractivity contribution in [2.45, 2.75) is 31.3 Å². The van der Waals surface area contributed by atoms with Crippen molar-refractivity contribution in [2.24, 2.45) is 11.5 Å². The van der Waals surface area contributed by atoms with Crippen molar-refractivity contribution in [3.63, 3.8) is 0 Å². The molecule has 0 aromatic heterocycles. The van der Waals surface area contributed by atoms with E-state index in [-0.39, 0.29) is 12.8 Å². The van der Waals surface area contributed by atoms with Crippen molar-refractivity contribution >= 4 is 23.8 Å². The van der Waals surface area contributed by atoms with Gasteiger partial charge in [0.25, 0.3) is 0 Å². The molecule has 0 aromatic carbocycles. The Morgan fingerprint density at radius 1 is 1.16 bits per heavy atom. The summed E-state index contributed by atoms with van der Waals surface area (Å²) in [6.07, 6.45) is -1.01. The van der Waals surface area contributed by atoms with Crippen molar-refractivity contribution in [2.75, 3.05) is 0 Å². The van der Waals surface area contributed by atoms with Crippen molar-refractivity contribution in [3.05, 3.63) is 0 Å². The van der Waals surface area contributed by atoms with Gasteiger partial charge in [-0.05, 0) is 6.42 Å². The molecule has 0 unspecified atom stereocenters. The number of carbonyl (C=O) groups is 4. The summed E-state index contributed by atoms with van der Waals surface area (Å²) in [6.45, 7) is 0. The molecule has 0 spiro atoms. The lowest BCUT2D eigenvalue weighted by atomic mass is 10.1. The van der Waals surface area contributed by atoms with Crippen molar-refractivity contribution < 1.29 is 34.2 Å². The summed E-state index contributed by atoms with van der Waals surface area (Å²) in [6, 6.07) is -2.76. The molecule has 0 saturated carbocycles. The Bertz CT molecular complexity index is 371. The Morgan fingerprint density at radius 2 is 1.74 bits per heavy atom. The molecule has 0 aliphatic rings. The van der Waals surface area contributed by atoms with Crippen LogP contribution in [0.2, 0.25) is 0 Å². The standard InChI is InChI=1S/C9H15N3O7/c10-4(8(15)16)3-7(14)19-12-5(9(17)18)1-2-6(11)13/h4-5,12H,1-3,10H2,(H2,11,13)(H,15,16)(H,17,18)/t4-,5-/m0/s1. The topological polar surface area (TPSA) is 182 Å². The monoisotopic (exact) mass is 277 g/mol. The van der Waals surface area contributed by atoms with E-state index in [9.17, 15) is 19.2 Å². The van der Waals surface area contributed by atoms with Gasteiger partial charge in [0.15, 0.2) is 0 Å². The van der Waals surface area contributed by atoms with Crippen LogP contribution in [0.25, 0.3) is 0 Å². The summed E-state index contributed by atoms with van der Waals surface area (Å²) >= 11 is 0. The van der Waals surface area contributed by atoms with Crippen LogP contribution < -0.4 is 16.9 Å². The molecule has 0 bridgehead atoms. The fraction of sp³-hybridized carbons (Fsp3) is 0.556. The second kappa shape index (κ2) is 8.00. The minimum Gasteiger partial charge on any atom is -0.480 e. The zero-order chi connectivity index (χ0) is 15.0. The number of hydroxylamine groups is 1. The summed E-state index contributed by atoms with van der Waals surface area (Å²) in [5.74, 6) is -4.47. The van der Waals surface area contributed by atoms with Crippen LogP contribution in [0.3, 0.4) is 0 Å². The highest BCUT2D eigenvalue weighted by molar-refractivity contribution is 5.81. The van der Waals surface area contributed by atoms with Crippen LogP contribution in [0, 0.1) is 0 Å². The molecule has 108 valence electrons. The lowest BCUT2D eigenvalue weighted by molar-refractivity contribution is -0.160. The first-order valence-corrected chi connectivity index (χ1v) is 5.18. The normalized spacial score (nSPS) is 13.3. The van der Waals surface area contributed by atoms with E-state index in [1.165, 1.54) is 0 Å². The van der Waals surface area contributed by atoms with Crippen molar-refractivity contribution in [1.29, 1.82) is 0 Å². The van der Waals surface area contributed by atoms with Crippen molar-refractivity contribution in [3.8, 4) is 0 Å². The average Bonchev–Trinajstić information content (AvgIpc) is 2.27. The molecule has 19 heavy (non-hydrogen) atoms. The predicted octanol–water partition coefficient (Wildman–Crippen LogP) is -2.45. The highest BCUT2D eigenvalue weighted by Crippen LogP contribution is 1.99. The Balaban J connectivity index is 4.17. The highest BCUT2D eigenvalue weighted by atomic mass is 16.7. The molecule has 10 heteroatoms. The summed E-state index contributed by atoms with van der Waals surface area (Å²) in [5, 5.41) is 17.2. The van der Waals surface area contributed by atoms with E-state index in [1.54, 1.807) is 0 Å². The summed E-state index contributed by atoms with van der Waals surface area (Å²) < 4.78 is 0. The van der Waals surface area contributed by atoms with Crippen LogP contribution in [0.1, 0.15) is 19.3 Å². The second-order valence-electron chi connectivity index (χ2n) is 3.64. The molecule has 0 fully saturated rings. The van der Waals surface area contributed by atoms with E-state index in [0.29, 0.717) is 0 Å². The van der Waals surface area contributed by atoms with Gasteiger partial charge in [-0.1, -0.05) is 0 Å². The molecular weight excluding hydrogens is 262 g/mol. The van der Waals surface area contributed by atoms with Gasteiger partial charge in [0, 0.05) is 6.42 Å². The van der Waals surface area contributed by atoms with E-state index >= 15 is 0 Å². The van der Waals surface area contributed by atoms with Gasteiger partial charge >= 0.3 is 17.9 Å². The molecule has 0 saturated heterocycles. The van der Waals surface area contributed by atoms with Gasteiger partial charge in [-0.2, -0.15) is 0 Å². The third-order valence-corrected chi connectivity index (χ3v) is 2.00. The number of carboxylic acid groups (broad SMARTS) is 2. The Kier molecular flexibility index (Phi) is 7.07. The van der Waals surface area contributed by atoms with Gasteiger partial charge < -0.3 is 26.5 Å². The lowest BCUT2D eigenvalue weighted by Gasteiger charge is -2.13. The largest absolute Gasteiger partial charge is 0.480 e. The molecular formula is C9H15N3O7. The summed E-state index contributed by atoms with van der Waals surface area (Å²) in [7, 11) is 0. The summed E-state index contributed by atoms with van der Waals surface area (Å²) in [5.41, 5.74) is 11.8. The maximum atomic E-state index is 11.1. The molecule has 0 aromatic rings. The number of hydrogen-bond donors (Lipinski definition) is 5. The number of aliphatic carboxylic acids is 2. The number of amides is 1. The molecule has 0 heterocycles. The first-order chi connectivity index (χ1) is 8.73. The van der Waals surface area contributed by atoms with Gasteiger partial charge in [0.1, 0.15) is 12.1 Å². The van der Waals surface area contributed by atoms with Gasteiger partial charge in [0.2, 0.25) is 5.91 Å². The zero-order valence-electron chi connectivity index (χ0n) is 9.87. The first-order valence-electron chi connectivity index (χ1n) is 5.18. The molecule has 10 nitrogen and oxygen atoms in total. The lowest BCUT2D eigenvalue weighted by Crippen LogP contribution is -2.41. The Hall–Kier alpha value is -2.20. The van der Waals surface area contributed by atoms with Gasteiger partial charge in [-0.15, -0.1) is 5.48 Å². The van der Waals surface area contributed by atoms with Crippen molar-refractivity contribution in [1.82, 2.24) is 5.48 Å². The van der Waals surface area contributed by atoms with Crippen LogP contribution in [0.4, 0.5) is 0 Å². The van der Waals surface area contributed by atoms with Crippen LogP contribution in [0.5, 0.6) is 0 Å². The number of carboxylic acids is 2. The molecule has 0 aliphatic heterocycles. The van der Waals surface area contributed by atoms with Gasteiger partial charge in [0.05, 0.1) is 6.42 Å². The SMILES string of the molecule is NC(=O)CC[C@H](NOC(=O)C[C@H](N)C(=O)O)C(=O)O. The number of nitrogens with one attached hydrogen (secondary N) is 1. The molecule has 7 N–H and O–H groups in total. The van der Waals surface area contributed by atoms with Gasteiger partial charge in [-0.3, -0.25) is 19.2 Å². The maximum absolute atomic E-state index is 11.1. The van der Waals surface area contributed by atoms with Crippen LogP contribution in [-0.4, -0.2) is 46.1 Å². The number of carbonyl (C=O) groups excluding carboxylic acids is 2. The molecule has 0 radical (unpaired) electrons. The van der Waals surface area contributed by atoms with E-state index in [1.807, 2.05) is 5.48 Å².